The van der Waals surface area contributed by atoms with E-state index in [2.05, 4.69) is 49.3 Å². The van der Waals surface area contributed by atoms with Crippen molar-refractivity contribution in [1.29, 1.82) is 0 Å². The van der Waals surface area contributed by atoms with Crippen molar-refractivity contribution in [3.63, 3.8) is 0 Å². The lowest BCUT2D eigenvalue weighted by molar-refractivity contribution is 0.666. The lowest BCUT2D eigenvalue weighted by Gasteiger charge is -2.20. The summed E-state index contributed by atoms with van der Waals surface area (Å²) in [6, 6.07) is 8.66. The summed E-state index contributed by atoms with van der Waals surface area (Å²) in [6.45, 7) is 2.00. The average Bonchev–Trinajstić information content (AvgIpc) is 2.78. The van der Waals surface area contributed by atoms with Crippen molar-refractivity contribution in [1.82, 2.24) is 5.32 Å². The number of rotatable bonds is 2. The van der Waals surface area contributed by atoms with E-state index in [1.807, 2.05) is 6.07 Å². The highest BCUT2D eigenvalue weighted by molar-refractivity contribution is 9.10. The van der Waals surface area contributed by atoms with Crippen LogP contribution in [0.4, 0.5) is 5.69 Å². The van der Waals surface area contributed by atoms with Gasteiger partial charge in [0.2, 0.25) is 0 Å². The molecule has 1 atom stereocenters. The molecule has 0 aromatic heterocycles. The van der Waals surface area contributed by atoms with E-state index >= 15 is 0 Å². The van der Waals surface area contributed by atoms with Gasteiger partial charge in [0.15, 0.2) is 5.96 Å². The molecule has 92 valence electrons. The summed E-state index contributed by atoms with van der Waals surface area (Å²) in [5, 5.41) is 3.22. The molecule has 1 aromatic carbocycles. The van der Waals surface area contributed by atoms with Gasteiger partial charge in [0.25, 0.3) is 0 Å². The Bertz CT molecular complexity index is 419. The average molecular weight is 297 g/mol. The van der Waals surface area contributed by atoms with Gasteiger partial charge in [-0.05, 0) is 34.5 Å². The first-order valence-corrected chi connectivity index (χ1v) is 6.48. The first kappa shape index (κ1) is 12.2. The molecule has 1 unspecified atom stereocenters. The second kappa shape index (κ2) is 5.40. The number of para-hydroxylation sites is 1. The Kier molecular flexibility index (Phi) is 3.89. The zero-order valence-electron chi connectivity index (χ0n) is 9.86. The molecule has 0 amide bonds. The van der Waals surface area contributed by atoms with Crippen molar-refractivity contribution >= 4 is 27.6 Å². The highest BCUT2D eigenvalue weighted by Gasteiger charge is 2.23. The molecule has 0 saturated carbocycles. The number of nitrogens with two attached hydrogens (primary N) is 1. The van der Waals surface area contributed by atoms with Crippen LogP contribution in [0.3, 0.4) is 0 Å². The van der Waals surface area contributed by atoms with Crippen molar-refractivity contribution in [3.8, 4) is 0 Å². The normalized spacial score (nSPS) is 20.7. The third-order valence-electron chi connectivity index (χ3n) is 2.97. The third kappa shape index (κ3) is 2.91. The standard InChI is InChI=1S/C12H17BrN4/c1-15-12(14)16-9-6-7-17(8-9)11-5-3-2-4-10(11)13/h2-5,9H,6-8H2,1H3,(H3,14,15,16). The lowest BCUT2D eigenvalue weighted by Crippen LogP contribution is -2.41. The van der Waals surface area contributed by atoms with Gasteiger partial charge in [-0.1, -0.05) is 12.1 Å². The Morgan fingerprint density at radius 2 is 2.29 bits per heavy atom. The van der Waals surface area contributed by atoms with Gasteiger partial charge in [-0.3, -0.25) is 4.99 Å². The molecule has 4 nitrogen and oxygen atoms in total. The van der Waals surface area contributed by atoms with Crippen LogP contribution >= 0.6 is 15.9 Å². The molecule has 5 heteroatoms. The molecule has 17 heavy (non-hydrogen) atoms. The van der Waals surface area contributed by atoms with Crippen LogP contribution in [0, 0.1) is 0 Å². The van der Waals surface area contributed by atoms with Crippen LogP contribution in [0.5, 0.6) is 0 Å². The Balaban J connectivity index is 2.01. The molecule has 0 radical (unpaired) electrons. The largest absolute Gasteiger partial charge is 0.370 e. The predicted octanol–water partition coefficient (Wildman–Crippen LogP) is 1.56. The Labute approximate surface area is 110 Å². The van der Waals surface area contributed by atoms with Gasteiger partial charge in [0, 0.05) is 30.7 Å². The summed E-state index contributed by atoms with van der Waals surface area (Å²) >= 11 is 3.58. The smallest absolute Gasteiger partial charge is 0.188 e. The van der Waals surface area contributed by atoms with E-state index in [1.54, 1.807) is 7.05 Å². The maximum Gasteiger partial charge on any atom is 0.188 e. The minimum absolute atomic E-state index is 0.380. The van der Waals surface area contributed by atoms with Crippen LogP contribution in [0.25, 0.3) is 0 Å². The van der Waals surface area contributed by atoms with E-state index in [0.29, 0.717) is 12.0 Å². The number of guanidine groups is 1. The van der Waals surface area contributed by atoms with Gasteiger partial charge < -0.3 is 16.0 Å². The number of nitrogens with zero attached hydrogens (tertiary/aromatic N) is 2. The summed E-state index contributed by atoms with van der Waals surface area (Å²) in [7, 11) is 1.70. The molecule has 2 rings (SSSR count). The number of aliphatic imine (C=N–C) groups is 1. The molecule has 1 saturated heterocycles. The second-order valence-corrected chi connectivity index (χ2v) is 4.99. The molecular formula is C12H17BrN4. The Hall–Kier alpha value is -1.23. The van der Waals surface area contributed by atoms with E-state index < -0.39 is 0 Å². The molecule has 1 aromatic rings. The number of hydrogen-bond donors (Lipinski definition) is 2. The van der Waals surface area contributed by atoms with Crippen LogP contribution in [0.2, 0.25) is 0 Å². The molecule has 0 spiro atoms. The number of nitrogens with one attached hydrogen (secondary N) is 1. The van der Waals surface area contributed by atoms with E-state index in [1.165, 1.54) is 5.69 Å². The van der Waals surface area contributed by atoms with Crippen LogP contribution in [-0.4, -0.2) is 32.1 Å². The molecule has 1 fully saturated rings. The zero-order chi connectivity index (χ0) is 12.3. The van der Waals surface area contributed by atoms with Crippen LogP contribution in [0.1, 0.15) is 6.42 Å². The summed E-state index contributed by atoms with van der Waals surface area (Å²) < 4.78 is 1.14. The fraction of sp³-hybridized carbons (Fsp3) is 0.417. The molecule has 1 heterocycles. The highest BCUT2D eigenvalue weighted by atomic mass is 79.9. The number of anilines is 1. The first-order chi connectivity index (χ1) is 8.20. The van der Waals surface area contributed by atoms with Gasteiger partial charge in [0.05, 0.1) is 5.69 Å². The number of benzene rings is 1. The number of hydrogen-bond acceptors (Lipinski definition) is 2. The van der Waals surface area contributed by atoms with Gasteiger partial charge in [-0.25, -0.2) is 0 Å². The Morgan fingerprint density at radius 3 is 3.00 bits per heavy atom. The predicted molar refractivity (Wildman–Crippen MR) is 75.4 cm³/mol. The fourth-order valence-electron chi connectivity index (χ4n) is 2.08. The quantitative estimate of drug-likeness (QED) is 0.643. The summed E-state index contributed by atoms with van der Waals surface area (Å²) in [5.41, 5.74) is 6.92. The highest BCUT2D eigenvalue weighted by Crippen LogP contribution is 2.28. The van der Waals surface area contributed by atoms with Crippen molar-refractivity contribution in [3.05, 3.63) is 28.7 Å². The fourth-order valence-corrected chi connectivity index (χ4v) is 2.61. The minimum atomic E-state index is 0.380. The molecule has 1 aliphatic heterocycles. The molecule has 0 aliphatic carbocycles. The molecule has 1 aliphatic rings. The van der Waals surface area contributed by atoms with Crippen LogP contribution in [-0.2, 0) is 0 Å². The summed E-state index contributed by atoms with van der Waals surface area (Å²) in [6.07, 6.45) is 1.08. The Morgan fingerprint density at radius 1 is 1.53 bits per heavy atom. The molecule has 0 bridgehead atoms. The van der Waals surface area contributed by atoms with Crippen molar-refractivity contribution in [2.75, 3.05) is 25.0 Å². The van der Waals surface area contributed by atoms with Crippen molar-refractivity contribution in [2.24, 2.45) is 10.7 Å². The summed E-state index contributed by atoms with van der Waals surface area (Å²) in [5.74, 6) is 0.518. The third-order valence-corrected chi connectivity index (χ3v) is 3.64. The minimum Gasteiger partial charge on any atom is -0.370 e. The summed E-state index contributed by atoms with van der Waals surface area (Å²) in [4.78, 5) is 6.27. The van der Waals surface area contributed by atoms with E-state index in [4.69, 9.17) is 5.73 Å². The lowest BCUT2D eigenvalue weighted by atomic mass is 10.3. The van der Waals surface area contributed by atoms with Crippen molar-refractivity contribution < 1.29 is 0 Å². The van der Waals surface area contributed by atoms with Gasteiger partial charge >= 0.3 is 0 Å². The molecular weight excluding hydrogens is 280 g/mol. The maximum absolute atomic E-state index is 5.68. The first-order valence-electron chi connectivity index (χ1n) is 5.69. The van der Waals surface area contributed by atoms with Crippen molar-refractivity contribution in [2.45, 2.75) is 12.5 Å². The van der Waals surface area contributed by atoms with E-state index in [9.17, 15) is 0 Å². The van der Waals surface area contributed by atoms with Gasteiger partial charge in [-0.15, -0.1) is 0 Å². The zero-order valence-corrected chi connectivity index (χ0v) is 11.4. The van der Waals surface area contributed by atoms with Crippen LogP contribution in [0.15, 0.2) is 33.7 Å². The second-order valence-electron chi connectivity index (χ2n) is 4.14. The SMILES string of the molecule is CN=C(N)NC1CCN(c2ccccc2Br)C1. The maximum atomic E-state index is 5.68. The van der Waals surface area contributed by atoms with E-state index in [-0.39, 0.29) is 0 Å². The molecule has 3 N–H and O–H groups in total. The number of halogens is 1. The topological polar surface area (TPSA) is 53.6 Å². The monoisotopic (exact) mass is 296 g/mol. The van der Waals surface area contributed by atoms with Gasteiger partial charge in [-0.2, -0.15) is 0 Å². The van der Waals surface area contributed by atoms with Crippen LogP contribution < -0.4 is 16.0 Å². The van der Waals surface area contributed by atoms with E-state index in [0.717, 1.165) is 24.0 Å². The van der Waals surface area contributed by atoms with Gasteiger partial charge in [0.1, 0.15) is 0 Å².